The van der Waals surface area contributed by atoms with Crippen LogP contribution in [0, 0.1) is 6.92 Å². The summed E-state index contributed by atoms with van der Waals surface area (Å²) in [6.45, 7) is 2.33. The average Bonchev–Trinajstić information content (AvgIpc) is 2.87. The van der Waals surface area contributed by atoms with Crippen molar-refractivity contribution >= 4 is 32.9 Å². The Bertz CT molecular complexity index is 1050. The molecular weight excluding hydrogens is 360 g/mol. The zero-order chi connectivity index (χ0) is 18.0. The monoisotopic (exact) mass is 378 g/mol. The lowest BCUT2D eigenvalue weighted by atomic mass is 10.2. The number of sulfonamides is 1. The Balaban J connectivity index is 1.65. The van der Waals surface area contributed by atoms with Crippen molar-refractivity contribution < 1.29 is 12.8 Å². The van der Waals surface area contributed by atoms with Crippen LogP contribution in [0.2, 0.25) is 0 Å². The Labute approximate surface area is 149 Å². The maximum absolute atomic E-state index is 12.4. The first-order valence-electron chi connectivity index (χ1n) is 7.65. The molecule has 0 radical (unpaired) electrons. The van der Waals surface area contributed by atoms with Crippen LogP contribution < -0.4 is 10.5 Å². The highest BCUT2D eigenvalue weighted by Gasteiger charge is 2.16. The van der Waals surface area contributed by atoms with Gasteiger partial charge in [0, 0.05) is 30.3 Å². The van der Waals surface area contributed by atoms with Crippen molar-refractivity contribution in [3.8, 4) is 0 Å². The summed E-state index contributed by atoms with van der Waals surface area (Å²) in [4.78, 5) is 12.7. The van der Waals surface area contributed by atoms with Gasteiger partial charge < -0.3 is 4.42 Å². The fraction of sp³-hybridized carbons (Fsp3) is 0.235. The number of nitrogens with zero attached hydrogens (tertiary/aromatic N) is 1. The highest BCUT2D eigenvalue weighted by molar-refractivity contribution is 7.99. The van der Waals surface area contributed by atoms with Gasteiger partial charge in [-0.2, -0.15) is 0 Å². The van der Waals surface area contributed by atoms with Crippen molar-refractivity contribution in [3.63, 3.8) is 0 Å². The van der Waals surface area contributed by atoms with Gasteiger partial charge in [-0.1, -0.05) is 17.7 Å². The molecular formula is C17H18N2O4S2. The van der Waals surface area contributed by atoms with Gasteiger partial charge in [-0.15, -0.1) is 11.8 Å². The minimum absolute atomic E-state index is 0.0784. The van der Waals surface area contributed by atoms with Gasteiger partial charge in [0.2, 0.25) is 10.0 Å². The Morgan fingerprint density at radius 3 is 2.60 bits per heavy atom. The number of hydrogen-bond donors (Lipinski definition) is 1. The first kappa shape index (κ1) is 17.8. The summed E-state index contributed by atoms with van der Waals surface area (Å²) < 4.78 is 33.7. The van der Waals surface area contributed by atoms with E-state index in [0.29, 0.717) is 17.8 Å². The van der Waals surface area contributed by atoms with E-state index in [9.17, 15) is 13.2 Å². The molecule has 1 aromatic heterocycles. The molecule has 3 rings (SSSR count). The first-order valence-corrected chi connectivity index (χ1v) is 10.1. The van der Waals surface area contributed by atoms with E-state index >= 15 is 0 Å². The van der Waals surface area contributed by atoms with Gasteiger partial charge in [0.1, 0.15) is 0 Å². The number of rotatable bonds is 6. The summed E-state index contributed by atoms with van der Waals surface area (Å²) in [5, 5.41) is 0. The number of benzene rings is 2. The third-order valence-electron chi connectivity index (χ3n) is 3.76. The second kappa shape index (κ2) is 7.07. The number of thioether (sulfide) groups is 1. The largest absolute Gasteiger partial charge is 0.419 e. The van der Waals surface area contributed by atoms with Gasteiger partial charge in [0.25, 0.3) is 0 Å². The molecule has 8 heteroatoms. The Morgan fingerprint density at radius 2 is 1.88 bits per heavy atom. The van der Waals surface area contributed by atoms with Crippen molar-refractivity contribution in [3.05, 3.63) is 58.6 Å². The van der Waals surface area contributed by atoms with Crippen LogP contribution in [-0.4, -0.2) is 25.3 Å². The number of nitrogens with one attached hydrogen (secondary N) is 1. The zero-order valence-electron chi connectivity index (χ0n) is 13.9. The molecule has 6 nitrogen and oxygen atoms in total. The molecule has 1 heterocycles. The van der Waals surface area contributed by atoms with Crippen LogP contribution in [0.25, 0.3) is 11.1 Å². The highest BCUT2D eigenvalue weighted by Crippen LogP contribution is 2.19. The van der Waals surface area contributed by atoms with Crippen LogP contribution in [0.15, 0.2) is 61.5 Å². The number of aromatic nitrogens is 1. The van der Waals surface area contributed by atoms with Crippen molar-refractivity contribution in [2.24, 2.45) is 7.05 Å². The van der Waals surface area contributed by atoms with Crippen LogP contribution in [0.1, 0.15) is 5.56 Å². The van der Waals surface area contributed by atoms with Crippen LogP contribution in [-0.2, 0) is 17.1 Å². The molecule has 0 saturated heterocycles. The lowest BCUT2D eigenvalue weighted by Gasteiger charge is -2.07. The summed E-state index contributed by atoms with van der Waals surface area (Å²) in [5.41, 5.74) is 2.00. The summed E-state index contributed by atoms with van der Waals surface area (Å²) in [6, 6.07) is 12.5. The summed E-state index contributed by atoms with van der Waals surface area (Å²) in [7, 11) is -2.08. The lowest BCUT2D eigenvalue weighted by molar-refractivity contribution is 0.527. The quantitative estimate of drug-likeness (QED) is 0.526. The molecule has 25 heavy (non-hydrogen) atoms. The van der Waals surface area contributed by atoms with Gasteiger partial charge in [0.05, 0.1) is 10.4 Å². The van der Waals surface area contributed by atoms with E-state index in [2.05, 4.69) is 4.72 Å². The lowest BCUT2D eigenvalue weighted by Crippen LogP contribution is -2.26. The molecule has 0 atom stereocenters. The summed E-state index contributed by atoms with van der Waals surface area (Å²) in [5.74, 6) is 0.0947. The molecule has 0 fully saturated rings. The molecule has 3 aromatic rings. The molecule has 2 aromatic carbocycles. The van der Waals surface area contributed by atoms with E-state index in [0.717, 1.165) is 4.90 Å². The predicted molar refractivity (Wildman–Crippen MR) is 98.5 cm³/mol. The van der Waals surface area contributed by atoms with E-state index in [1.807, 2.05) is 31.2 Å². The standard InChI is InChI=1S/C17H18N2O4S2/c1-12-3-5-13(6-4-12)24-10-9-18-25(21,22)14-7-8-15-16(11-14)23-17(20)19(15)2/h3-8,11,18H,9-10H2,1-2H3. The Kier molecular flexibility index (Phi) is 5.03. The van der Waals surface area contributed by atoms with Crippen LogP contribution >= 0.6 is 11.8 Å². The SMILES string of the molecule is Cc1ccc(SCCNS(=O)(=O)c2ccc3c(c2)oc(=O)n3C)cc1. The van der Waals surface area contributed by atoms with E-state index in [4.69, 9.17) is 4.42 Å². The van der Waals surface area contributed by atoms with Gasteiger partial charge in [-0.05, 0) is 31.2 Å². The maximum atomic E-state index is 12.4. The van der Waals surface area contributed by atoms with E-state index < -0.39 is 15.8 Å². The van der Waals surface area contributed by atoms with Gasteiger partial charge in [-0.3, -0.25) is 4.57 Å². The zero-order valence-corrected chi connectivity index (χ0v) is 15.5. The summed E-state index contributed by atoms with van der Waals surface area (Å²) >= 11 is 1.58. The summed E-state index contributed by atoms with van der Waals surface area (Å²) in [6.07, 6.45) is 0. The normalized spacial score (nSPS) is 11.9. The number of fused-ring (bicyclic) bond motifs is 1. The maximum Gasteiger partial charge on any atom is 0.419 e. The number of hydrogen-bond acceptors (Lipinski definition) is 5. The topological polar surface area (TPSA) is 81.3 Å². The molecule has 0 aliphatic rings. The smallest absolute Gasteiger partial charge is 0.408 e. The Hall–Kier alpha value is -2.03. The van der Waals surface area contributed by atoms with E-state index in [-0.39, 0.29) is 10.5 Å². The minimum atomic E-state index is -3.65. The second-order valence-corrected chi connectivity index (χ2v) is 8.55. The first-order chi connectivity index (χ1) is 11.9. The third kappa shape index (κ3) is 3.97. The molecule has 1 N–H and O–H groups in total. The molecule has 0 bridgehead atoms. The van der Waals surface area contributed by atoms with Gasteiger partial charge in [-0.25, -0.2) is 17.9 Å². The molecule has 0 unspecified atom stereocenters. The third-order valence-corrected chi connectivity index (χ3v) is 6.23. The fourth-order valence-electron chi connectivity index (χ4n) is 2.34. The van der Waals surface area contributed by atoms with Crippen molar-refractivity contribution in [1.82, 2.24) is 9.29 Å². The van der Waals surface area contributed by atoms with Gasteiger partial charge in [0.15, 0.2) is 5.58 Å². The molecule has 0 saturated carbocycles. The van der Waals surface area contributed by atoms with E-state index in [1.165, 1.54) is 22.3 Å². The van der Waals surface area contributed by atoms with E-state index in [1.54, 1.807) is 24.9 Å². The van der Waals surface area contributed by atoms with Crippen molar-refractivity contribution in [2.75, 3.05) is 12.3 Å². The second-order valence-electron chi connectivity index (χ2n) is 5.62. The molecule has 0 aliphatic heterocycles. The van der Waals surface area contributed by atoms with Crippen molar-refractivity contribution in [2.45, 2.75) is 16.7 Å². The molecule has 0 amide bonds. The van der Waals surface area contributed by atoms with Crippen LogP contribution in [0.3, 0.4) is 0 Å². The minimum Gasteiger partial charge on any atom is -0.408 e. The fourth-order valence-corrected chi connectivity index (χ4v) is 4.29. The molecule has 0 spiro atoms. The highest BCUT2D eigenvalue weighted by atomic mass is 32.2. The van der Waals surface area contributed by atoms with Crippen LogP contribution in [0.5, 0.6) is 0 Å². The Morgan fingerprint density at radius 1 is 1.16 bits per heavy atom. The average molecular weight is 378 g/mol. The van der Waals surface area contributed by atoms with Crippen LogP contribution in [0.4, 0.5) is 0 Å². The molecule has 132 valence electrons. The van der Waals surface area contributed by atoms with Crippen molar-refractivity contribution in [1.29, 1.82) is 0 Å². The molecule has 0 aliphatic carbocycles. The number of aryl methyl sites for hydroxylation is 2. The van der Waals surface area contributed by atoms with Gasteiger partial charge >= 0.3 is 5.76 Å². The number of oxazole rings is 1. The predicted octanol–water partition coefficient (Wildman–Crippen LogP) is 2.51.